The van der Waals surface area contributed by atoms with Crippen LogP contribution in [0.25, 0.3) is 0 Å². The highest BCUT2D eigenvalue weighted by molar-refractivity contribution is 9.10. The van der Waals surface area contributed by atoms with Crippen LogP contribution < -0.4 is 0 Å². The molecule has 0 aliphatic heterocycles. The van der Waals surface area contributed by atoms with Crippen LogP contribution in [0.1, 0.15) is 11.1 Å². The molecule has 0 radical (unpaired) electrons. The van der Waals surface area contributed by atoms with Gasteiger partial charge in [-0.2, -0.15) is 0 Å². The number of hydrogen-bond acceptors (Lipinski definition) is 1. The van der Waals surface area contributed by atoms with Gasteiger partial charge in [0.25, 0.3) is 0 Å². The number of halogens is 2. The summed E-state index contributed by atoms with van der Waals surface area (Å²) in [5.41, 5.74) is 2.54. The van der Waals surface area contributed by atoms with Gasteiger partial charge in [-0.15, -0.1) is 0 Å². The number of rotatable bonds is 5. The lowest BCUT2D eigenvalue weighted by atomic mass is 10.1. The maximum atomic E-state index is 6.23. The molecule has 3 heteroatoms. The van der Waals surface area contributed by atoms with Crippen molar-refractivity contribution in [3.05, 3.63) is 69.2 Å². The molecule has 1 nitrogen and oxygen atoms in total. The quantitative estimate of drug-likeness (QED) is 0.758. The van der Waals surface area contributed by atoms with E-state index in [1.807, 2.05) is 12.1 Å². The molecule has 0 unspecified atom stereocenters. The molecule has 0 spiro atoms. The van der Waals surface area contributed by atoms with Crippen LogP contribution in [0.3, 0.4) is 0 Å². The van der Waals surface area contributed by atoms with E-state index in [0.29, 0.717) is 0 Å². The number of nitrogens with zero attached hydrogens (tertiary/aromatic N) is 1. The van der Waals surface area contributed by atoms with Crippen LogP contribution in [0, 0.1) is 0 Å². The van der Waals surface area contributed by atoms with E-state index in [1.165, 1.54) is 11.1 Å². The van der Waals surface area contributed by atoms with Crippen LogP contribution in [-0.2, 0) is 13.0 Å². The van der Waals surface area contributed by atoms with Gasteiger partial charge < -0.3 is 4.90 Å². The normalized spacial score (nSPS) is 10.9. The summed E-state index contributed by atoms with van der Waals surface area (Å²) in [5.74, 6) is 0. The van der Waals surface area contributed by atoms with E-state index in [9.17, 15) is 0 Å². The maximum Gasteiger partial charge on any atom is 0.0462 e. The summed E-state index contributed by atoms with van der Waals surface area (Å²) in [6.07, 6.45) is 1.06. The molecule has 0 fully saturated rings. The Morgan fingerprint density at radius 1 is 1.11 bits per heavy atom. The Bertz CT molecular complexity index is 528. The molecule has 2 aromatic rings. The summed E-state index contributed by atoms with van der Waals surface area (Å²) in [4.78, 5) is 2.29. The molecule has 100 valence electrons. The molecule has 0 atom stereocenters. The zero-order valence-electron chi connectivity index (χ0n) is 10.9. The van der Waals surface area contributed by atoms with E-state index in [4.69, 9.17) is 11.6 Å². The molecular weight excluding hydrogens is 322 g/mol. The van der Waals surface area contributed by atoms with Gasteiger partial charge in [-0.3, -0.25) is 0 Å². The van der Waals surface area contributed by atoms with E-state index < -0.39 is 0 Å². The first kappa shape index (κ1) is 14.6. The molecule has 2 aromatic carbocycles. The fourth-order valence-corrected chi connectivity index (χ4v) is 2.72. The van der Waals surface area contributed by atoms with Gasteiger partial charge in [0, 0.05) is 22.6 Å². The predicted molar refractivity (Wildman–Crippen MR) is 85.6 cm³/mol. The van der Waals surface area contributed by atoms with Gasteiger partial charge in [0.2, 0.25) is 0 Å². The van der Waals surface area contributed by atoms with Crippen LogP contribution in [0.2, 0.25) is 5.02 Å². The van der Waals surface area contributed by atoms with Gasteiger partial charge in [0.05, 0.1) is 0 Å². The van der Waals surface area contributed by atoms with Crippen molar-refractivity contribution in [3.63, 3.8) is 0 Å². The molecule has 19 heavy (non-hydrogen) atoms. The monoisotopic (exact) mass is 337 g/mol. The Hall–Kier alpha value is -0.830. The summed E-state index contributed by atoms with van der Waals surface area (Å²) in [7, 11) is 2.13. The van der Waals surface area contributed by atoms with Crippen LogP contribution in [0.15, 0.2) is 53.0 Å². The molecule has 0 bridgehead atoms. The molecule has 0 saturated heterocycles. The lowest BCUT2D eigenvalue weighted by molar-refractivity contribution is 0.331. The predicted octanol–water partition coefficient (Wildman–Crippen LogP) is 4.78. The first-order valence-corrected chi connectivity index (χ1v) is 7.48. The largest absolute Gasteiger partial charge is 0.302 e. The van der Waals surface area contributed by atoms with Crippen molar-refractivity contribution in [2.45, 2.75) is 13.0 Å². The average molecular weight is 339 g/mol. The first-order chi connectivity index (χ1) is 9.15. The zero-order chi connectivity index (χ0) is 13.7. The van der Waals surface area contributed by atoms with Gasteiger partial charge in [-0.1, -0.05) is 63.9 Å². The standard InChI is InChI=1S/C16H17BrClN/c1-19(10-9-13-5-3-2-4-6-13)12-14-7-8-15(17)11-16(14)18/h2-8,11H,9-10,12H2,1H3. The van der Waals surface area contributed by atoms with Crippen molar-refractivity contribution in [1.82, 2.24) is 4.90 Å². The Labute approximate surface area is 128 Å². The molecule has 2 rings (SSSR count). The van der Waals surface area contributed by atoms with E-state index in [0.717, 1.165) is 29.0 Å². The van der Waals surface area contributed by atoms with Gasteiger partial charge in [-0.05, 0) is 36.7 Å². The van der Waals surface area contributed by atoms with E-state index in [-0.39, 0.29) is 0 Å². The lowest BCUT2D eigenvalue weighted by Crippen LogP contribution is -2.20. The minimum Gasteiger partial charge on any atom is -0.302 e. The van der Waals surface area contributed by atoms with Gasteiger partial charge >= 0.3 is 0 Å². The Balaban J connectivity index is 1.89. The third kappa shape index (κ3) is 4.64. The van der Waals surface area contributed by atoms with Gasteiger partial charge in [0.1, 0.15) is 0 Å². The second-order valence-corrected chi connectivity index (χ2v) is 6.03. The third-order valence-corrected chi connectivity index (χ3v) is 3.93. The molecule has 0 saturated carbocycles. The second kappa shape index (κ2) is 7.09. The zero-order valence-corrected chi connectivity index (χ0v) is 13.3. The molecule has 0 heterocycles. The summed E-state index contributed by atoms with van der Waals surface area (Å²) in [6, 6.07) is 16.6. The third-order valence-electron chi connectivity index (χ3n) is 3.08. The summed E-state index contributed by atoms with van der Waals surface area (Å²) in [5, 5.41) is 0.820. The molecular formula is C16H17BrClN. The van der Waals surface area contributed by atoms with Crippen LogP contribution in [-0.4, -0.2) is 18.5 Å². The molecule has 0 N–H and O–H groups in total. The first-order valence-electron chi connectivity index (χ1n) is 6.31. The van der Waals surface area contributed by atoms with Crippen LogP contribution in [0.5, 0.6) is 0 Å². The fraction of sp³-hybridized carbons (Fsp3) is 0.250. The highest BCUT2D eigenvalue weighted by Gasteiger charge is 2.05. The molecule has 0 aliphatic carbocycles. The highest BCUT2D eigenvalue weighted by Crippen LogP contribution is 2.22. The Kier molecular flexibility index (Phi) is 5.44. The van der Waals surface area contributed by atoms with Gasteiger partial charge in [0.15, 0.2) is 0 Å². The van der Waals surface area contributed by atoms with Crippen molar-refractivity contribution in [2.75, 3.05) is 13.6 Å². The minimum absolute atomic E-state index is 0.820. The van der Waals surface area contributed by atoms with Crippen molar-refractivity contribution in [3.8, 4) is 0 Å². The van der Waals surface area contributed by atoms with Crippen molar-refractivity contribution in [2.24, 2.45) is 0 Å². The Morgan fingerprint density at radius 3 is 2.53 bits per heavy atom. The number of hydrogen-bond donors (Lipinski definition) is 0. The maximum absolute atomic E-state index is 6.23. The summed E-state index contributed by atoms with van der Waals surface area (Å²) >= 11 is 9.66. The second-order valence-electron chi connectivity index (χ2n) is 4.71. The van der Waals surface area contributed by atoms with E-state index >= 15 is 0 Å². The average Bonchev–Trinajstić information content (AvgIpc) is 2.41. The smallest absolute Gasteiger partial charge is 0.0462 e. The molecule has 0 amide bonds. The summed E-state index contributed by atoms with van der Waals surface area (Å²) < 4.78 is 1.02. The fourth-order valence-electron chi connectivity index (χ4n) is 1.98. The topological polar surface area (TPSA) is 3.24 Å². The lowest BCUT2D eigenvalue weighted by Gasteiger charge is -2.17. The van der Waals surface area contributed by atoms with Crippen LogP contribution >= 0.6 is 27.5 Å². The molecule has 0 aromatic heterocycles. The Morgan fingerprint density at radius 2 is 1.84 bits per heavy atom. The number of likely N-dealkylation sites (N-methyl/N-ethyl adjacent to an activating group) is 1. The van der Waals surface area contributed by atoms with Crippen molar-refractivity contribution in [1.29, 1.82) is 0 Å². The van der Waals surface area contributed by atoms with E-state index in [1.54, 1.807) is 0 Å². The van der Waals surface area contributed by atoms with Crippen LogP contribution in [0.4, 0.5) is 0 Å². The van der Waals surface area contributed by atoms with Crippen molar-refractivity contribution < 1.29 is 0 Å². The molecule has 0 aliphatic rings. The number of benzene rings is 2. The minimum atomic E-state index is 0.820. The summed E-state index contributed by atoms with van der Waals surface area (Å²) in [6.45, 7) is 1.90. The highest BCUT2D eigenvalue weighted by atomic mass is 79.9. The van der Waals surface area contributed by atoms with Crippen molar-refractivity contribution >= 4 is 27.5 Å². The van der Waals surface area contributed by atoms with Gasteiger partial charge in [-0.25, -0.2) is 0 Å². The SMILES string of the molecule is CN(CCc1ccccc1)Cc1ccc(Br)cc1Cl. The van der Waals surface area contributed by atoms with E-state index in [2.05, 4.69) is 64.3 Å².